The van der Waals surface area contributed by atoms with Gasteiger partial charge >= 0.3 is 0 Å². The Labute approximate surface area is 174 Å². The summed E-state index contributed by atoms with van der Waals surface area (Å²) < 4.78 is 11.9. The molecular formula is C24H27BrO3. The number of fused-ring (bicyclic) bond motifs is 1. The fraction of sp³-hybridized carbons (Fsp3) is 0.375. The molecule has 0 N–H and O–H groups in total. The molecule has 4 heteroatoms. The molecule has 3 nitrogen and oxygen atoms in total. The van der Waals surface area contributed by atoms with Gasteiger partial charge in [0.05, 0.1) is 12.0 Å². The van der Waals surface area contributed by atoms with Crippen LogP contribution in [-0.2, 0) is 0 Å². The maximum atomic E-state index is 12.6. The molecule has 3 aromatic rings. The van der Waals surface area contributed by atoms with Crippen LogP contribution in [0.25, 0.3) is 22.3 Å². The summed E-state index contributed by atoms with van der Waals surface area (Å²) in [7, 11) is 0. The van der Waals surface area contributed by atoms with Crippen molar-refractivity contribution in [2.45, 2.75) is 45.4 Å². The Hall–Kier alpha value is -2.07. The maximum Gasteiger partial charge on any atom is 0.196 e. The number of halogens is 1. The minimum absolute atomic E-state index is 0.0216. The molecule has 2 aromatic carbocycles. The molecule has 28 heavy (non-hydrogen) atoms. The van der Waals surface area contributed by atoms with E-state index in [0.29, 0.717) is 22.3 Å². The molecule has 148 valence electrons. The Morgan fingerprint density at radius 1 is 0.893 bits per heavy atom. The molecule has 0 bridgehead atoms. The predicted molar refractivity (Wildman–Crippen MR) is 120 cm³/mol. The lowest BCUT2D eigenvalue weighted by Crippen LogP contribution is -2.07. The van der Waals surface area contributed by atoms with Gasteiger partial charge in [0.15, 0.2) is 5.43 Å². The molecule has 0 fully saturated rings. The SMILES string of the molecule is Cc1c(-c2ccc(OCCCCCCCCBr)cc2)oc2ccccc2c1=O. The fourth-order valence-corrected chi connectivity index (χ4v) is 3.70. The zero-order chi connectivity index (χ0) is 19.8. The molecule has 0 atom stereocenters. The monoisotopic (exact) mass is 442 g/mol. The topological polar surface area (TPSA) is 39.4 Å². The van der Waals surface area contributed by atoms with E-state index in [1.807, 2.05) is 49.4 Å². The van der Waals surface area contributed by atoms with E-state index in [0.717, 1.165) is 29.7 Å². The highest BCUT2D eigenvalue weighted by Crippen LogP contribution is 2.27. The number of para-hydroxylation sites is 1. The Kier molecular flexibility index (Phi) is 7.72. The molecule has 0 amide bonds. The van der Waals surface area contributed by atoms with Gasteiger partial charge < -0.3 is 9.15 Å². The van der Waals surface area contributed by atoms with E-state index in [-0.39, 0.29) is 5.43 Å². The molecule has 0 unspecified atom stereocenters. The van der Waals surface area contributed by atoms with Gasteiger partial charge in [-0.05, 0) is 56.2 Å². The second kappa shape index (κ2) is 10.5. The van der Waals surface area contributed by atoms with E-state index in [9.17, 15) is 4.79 Å². The van der Waals surface area contributed by atoms with Gasteiger partial charge in [-0.15, -0.1) is 0 Å². The zero-order valence-corrected chi connectivity index (χ0v) is 18.0. The normalized spacial score (nSPS) is 11.1. The summed E-state index contributed by atoms with van der Waals surface area (Å²) in [4.78, 5) is 12.6. The van der Waals surface area contributed by atoms with Gasteiger partial charge in [0, 0.05) is 16.5 Å². The average molecular weight is 443 g/mol. The zero-order valence-electron chi connectivity index (χ0n) is 16.4. The molecule has 0 radical (unpaired) electrons. The third kappa shape index (κ3) is 5.26. The molecule has 0 spiro atoms. The lowest BCUT2D eigenvalue weighted by molar-refractivity contribution is 0.304. The largest absolute Gasteiger partial charge is 0.494 e. The highest BCUT2D eigenvalue weighted by atomic mass is 79.9. The van der Waals surface area contributed by atoms with Crippen LogP contribution in [0.3, 0.4) is 0 Å². The Bertz CT molecular complexity index is 944. The standard InChI is InChI=1S/C24H27BrO3/c1-18-23(26)21-10-6-7-11-22(21)28-24(18)19-12-14-20(15-13-19)27-17-9-5-3-2-4-8-16-25/h6-7,10-15H,2-5,8-9,16-17H2,1H3. The lowest BCUT2D eigenvalue weighted by atomic mass is 10.1. The summed E-state index contributed by atoms with van der Waals surface area (Å²) in [5, 5.41) is 1.73. The van der Waals surface area contributed by atoms with Crippen molar-refractivity contribution in [2.75, 3.05) is 11.9 Å². The molecule has 0 aliphatic rings. The van der Waals surface area contributed by atoms with Gasteiger partial charge in [-0.1, -0.05) is 53.7 Å². The number of rotatable bonds is 10. The lowest BCUT2D eigenvalue weighted by Gasteiger charge is -2.09. The summed E-state index contributed by atoms with van der Waals surface area (Å²) >= 11 is 3.47. The van der Waals surface area contributed by atoms with Crippen molar-refractivity contribution in [3.63, 3.8) is 0 Å². The highest BCUT2D eigenvalue weighted by molar-refractivity contribution is 9.09. The number of hydrogen-bond acceptors (Lipinski definition) is 3. The van der Waals surface area contributed by atoms with Crippen LogP contribution in [0.5, 0.6) is 5.75 Å². The molecule has 3 rings (SSSR count). The Balaban J connectivity index is 1.58. The Morgan fingerprint density at radius 3 is 2.32 bits per heavy atom. The van der Waals surface area contributed by atoms with Gasteiger partial charge in [0.1, 0.15) is 17.1 Å². The van der Waals surface area contributed by atoms with E-state index < -0.39 is 0 Å². The molecule has 0 saturated carbocycles. The number of ether oxygens (including phenoxy) is 1. The third-order valence-corrected chi connectivity index (χ3v) is 5.50. The molecule has 0 aliphatic carbocycles. The molecule has 0 aliphatic heterocycles. The van der Waals surface area contributed by atoms with Crippen molar-refractivity contribution >= 4 is 26.9 Å². The van der Waals surface area contributed by atoms with E-state index in [2.05, 4.69) is 15.9 Å². The van der Waals surface area contributed by atoms with Crippen LogP contribution in [-0.4, -0.2) is 11.9 Å². The van der Waals surface area contributed by atoms with Crippen LogP contribution in [0.2, 0.25) is 0 Å². The van der Waals surface area contributed by atoms with Crippen molar-refractivity contribution in [3.05, 3.63) is 64.3 Å². The molecule has 0 saturated heterocycles. The first-order valence-corrected chi connectivity index (χ1v) is 11.1. The van der Waals surface area contributed by atoms with Crippen LogP contribution in [0, 0.1) is 6.92 Å². The number of benzene rings is 2. The quantitative estimate of drug-likeness (QED) is 0.253. The van der Waals surface area contributed by atoms with E-state index >= 15 is 0 Å². The first-order chi connectivity index (χ1) is 13.7. The van der Waals surface area contributed by atoms with Gasteiger partial charge in [-0.2, -0.15) is 0 Å². The summed E-state index contributed by atoms with van der Waals surface area (Å²) in [6.45, 7) is 2.55. The summed E-state index contributed by atoms with van der Waals surface area (Å²) in [6, 6.07) is 15.2. The van der Waals surface area contributed by atoms with Crippen molar-refractivity contribution in [1.29, 1.82) is 0 Å². The van der Waals surface area contributed by atoms with Crippen LogP contribution in [0.15, 0.2) is 57.7 Å². The second-order valence-electron chi connectivity index (χ2n) is 7.06. The highest BCUT2D eigenvalue weighted by Gasteiger charge is 2.12. The smallest absolute Gasteiger partial charge is 0.196 e. The van der Waals surface area contributed by atoms with Crippen LogP contribution >= 0.6 is 15.9 Å². The van der Waals surface area contributed by atoms with E-state index in [4.69, 9.17) is 9.15 Å². The van der Waals surface area contributed by atoms with Crippen molar-refractivity contribution < 1.29 is 9.15 Å². The Morgan fingerprint density at radius 2 is 1.57 bits per heavy atom. The van der Waals surface area contributed by atoms with Crippen LogP contribution in [0.4, 0.5) is 0 Å². The molecule has 1 aromatic heterocycles. The second-order valence-corrected chi connectivity index (χ2v) is 7.86. The van der Waals surface area contributed by atoms with Crippen molar-refractivity contribution in [2.24, 2.45) is 0 Å². The van der Waals surface area contributed by atoms with E-state index in [1.54, 1.807) is 6.07 Å². The molecule has 1 heterocycles. The first-order valence-electron chi connectivity index (χ1n) is 10.0. The average Bonchev–Trinajstić information content (AvgIpc) is 2.73. The minimum Gasteiger partial charge on any atom is -0.494 e. The summed E-state index contributed by atoms with van der Waals surface area (Å²) in [5.74, 6) is 1.47. The molecular weight excluding hydrogens is 416 g/mol. The number of hydrogen-bond donors (Lipinski definition) is 0. The van der Waals surface area contributed by atoms with Crippen molar-refractivity contribution in [1.82, 2.24) is 0 Å². The maximum absolute atomic E-state index is 12.6. The predicted octanol–water partition coefficient (Wildman–Crippen LogP) is 6.88. The van der Waals surface area contributed by atoms with Crippen LogP contribution in [0.1, 0.15) is 44.1 Å². The third-order valence-electron chi connectivity index (χ3n) is 4.94. The van der Waals surface area contributed by atoms with Gasteiger partial charge in [-0.25, -0.2) is 0 Å². The fourth-order valence-electron chi connectivity index (χ4n) is 3.31. The minimum atomic E-state index is 0.0216. The van der Waals surface area contributed by atoms with Gasteiger partial charge in [0.2, 0.25) is 0 Å². The summed E-state index contributed by atoms with van der Waals surface area (Å²) in [6.07, 6.45) is 7.43. The van der Waals surface area contributed by atoms with Crippen LogP contribution < -0.4 is 10.2 Å². The van der Waals surface area contributed by atoms with Crippen molar-refractivity contribution in [3.8, 4) is 17.1 Å². The van der Waals surface area contributed by atoms with Gasteiger partial charge in [-0.3, -0.25) is 4.79 Å². The first kappa shape index (κ1) is 20.7. The number of alkyl halides is 1. The summed E-state index contributed by atoms with van der Waals surface area (Å²) in [5.41, 5.74) is 2.16. The number of unbranched alkanes of at least 4 members (excludes halogenated alkanes) is 5. The van der Waals surface area contributed by atoms with Gasteiger partial charge in [0.25, 0.3) is 0 Å². The van der Waals surface area contributed by atoms with E-state index in [1.165, 1.54) is 32.1 Å².